The minimum Gasteiger partial charge on any atom is -0.506 e. The van der Waals surface area contributed by atoms with Gasteiger partial charge < -0.3 is 10.4 Å². The number of sulfonamides is 1. The summed E-state index contributed by atoms with van der Waals surface area (Å²) in [6, 6.07) is 2.49. The summed E-state index contributed by atoms with van der Waals surface area (Å²) in [4.78, 5) is 12.6. The Bertz CT molecular complexity index is 828. The van der Waals surface area contributed by atoms with E-state index in [4.69, 9.17) is 23.2 Å². The van der Waals surface area contributed by atoms with Crippen molar-refractivity contribution in [1.82, 2.24) is 9.62 Å². The molecule has 2 saturated heterocycles. The van der Waals surface area contributed by atoms with Crippen molar-refractivity contribution in [2.24, 2.45) is 5.92 Å². The Kier molecular flexibility index (Phi) is 5.45. The molecule has 1 aromatic carbocycles. The van der Waals surface area contributed by atoms with Crippen LogP contribution in [0.4, 0.5) is 0 Å². The lowest BCUT2D eigenvalue weighted by atomic mass is 9.77. The number of carbonyl (C=O) groups is 1. The SMILES string of the molecule is CC(C)S(=O)(=O)N1C[C@H]2CC[C@@H]1C[C@H]2NC(=O)c1cc(Cl)cc(Cl)c1O. The maximum absolute atomic E-state index is 12.6. The van der Waals surface area contributed by atoms with Crippen molar-refractivity contribution in [3.63, 3.8) is 0 Å². The number of phenols is 1. The van der Waals surface area contributed by atoms with Crippen LogP contribution in [0.3, 0.4) is 0 Å². The first kappa shape index (κ1) is 19.7. The van der Waals surface area contributed by atoms with Crippen LogP contribution in [0, 0.1) is 5.92 Å². The van der Waals surface area contributed by atoms with Gasteiger partial charge in [0.15, 0.2) is 0 Å². The van der Waals surface area contributed by atoms with Gasteiger partial charge in [0, 0.05) is 23.7 Å². The highest BCUT2D eigenvalue weighted by atomic mass is 35.5. The second-order valence-corrected chi connectivity index (χ2v) is 10.5. The smallest absolute Gasteiger partial charge is 0.255 e. The van der Waals surface area contributed by atoms with Crippen LogP contribution in [0.1, 0.15) is 43.5 Å². The number of carbonyl (C=O) groups excluding carboxylic acids is 1. The summed E-state index contributed by atoms with van der Waals surface area (Å²) in [5.41, 5.74) is 0.0237. The number of rotatable bonds is 4. The Balaban J connectivity index is 1.75. The zero-order chi connectivity index (χ0) is 19.2. The van der Waals surface area contributed by atoms with E-state index in [1.54, 1.807) is 18.2 Å². The first-order valence-corrected chi connectivity index (χ1v) is 10.9. The van der Waals surface area contributed by atoms with Gasteiger partial charge in [0.2, 0.25) is 10.0 Å². The molecule has 0 radical (unpaired) electrons. The summed E-state index contributed by atoms with van der Waals surface area (Å²) in [7, 11) is -3.31. The maximum Gasteiger partial charge on any atom is 0.255 e. The molecule has 2 bridgehead atoms. The van der Waals surface area contributed by atoms with Crippen molar-refractivity contribution in [1.29, 1.82) is 0 Å². The summed E-state index contributed by atoms with van der Waals surface area (Å²) in [5.74, 6) is -0.712. The molecule has 2 N–H and O–H groups in total. The number of halogens is 2. The fourth-order valence-corrected chi connectivity index (χ4v) is 5.86. The van der Waals surface area contributed by atoms with Gasteiger partial charge in [-0.25, -0.2) is 8.42 Å². The molecule has 3 aliphatic rings. The lowest BCUT2D eigenvalue weighted by molar-refractivity contribution is 0.0678. The van der Waals surface area contributed by atoms with Gasteiger partial charge in [0.1, 0.15) is 5.75 Å². The van der Waals surface area contributed by atoms with Crippen molar-refractivity contribution in [3.8, 4) is 5.75 Å². The Hall–Kier alpha value is -1.02. The largest absolute Gasteiger partial charge is 0.506 e. The molecular formula is C17H22Cl2N2O4S. The highest BCUT2D eigenvalue weighted by Gasteiger charge is 2.46. The molecular weight excluding hydrogens is 399 g/mol. The van der Waals surface area contributed by atoms with Gasteiger partial charge >= 0.3 is 0 Å². The molecule has 3 atom stereocenters. The van der Waals surface area contributed by atoms with Crippen LogP contribution in [0.25, 0.3) is 0 Å². The molecule has 0 unspecified atom stereocenters. The van der Waals surface area contributed by atoms with Crippen LogP contribution < -0.4 is 5.32 Å². The van der Waals surface area contributed by atoms with E-state index >= 15 is 0 Å². The quantitative estimate of drug-likeness (QED) is 0.783. The third kappa shape index (κ3) is 3.54. The normalized spacial score (nSPS) is 26.3. The predicted molar refractivity (Wildman–Crippen MR) is 101 cm³/mol. The van der Waals surface area contributed by atoms with E-state index < -0.39 is 21.2 Å². The number of aromatic hydroxyl groups is 1. The number of amides is 1. The fraction of sp³-hybridized carbons (Fsp3) is 0.588. The predicted octanol–water partition coefficient (Wildman–Crippen LogP) is 3.02. The van der Waals surface area contributed by atoms with Gasteiger partial charge in [-0.3, -0.25) is 4.79 Å². The number of hydrogen-bond acceptors (Lipinski definition) is 4. The first-order chi connectivity index (χ1) is 12.1. The average molecular weight is 421 g/mol. The summed E-state index contributed by atoms with van der Waals surface area (Å²) in [6.45, 7) is 3.78. The Morgan fingerprint density at radius 2 is 2.00 bits per heavy atom. The summed E-state index contributed by atoms with van der Waals surface area (Å²) >= 11 is 11.8. The average Bonchev–Trinajstić information content (AvgIpc) is 2.58. The van der Waals surface area contributed by atoms with E-state index in [9.17, 15) is 18.3 Å². The second-order valence-electron chi connectivity index (χ2n) is 7.25. The van der Waals surface area contributed by atoms with Crippen molar-refractivity contribution in [2.75, 3.05) is 6.54 Å². The molecule has 9 heteroatoms. The van der Waals surface area contributed by atoms with Gasteiger partial charge in [-0.2, -0.15) is 4.31 Å². The van der Waals surface area contributed by atoms with E-state index in [-0.39, 0.29) is 39.4 Å². The lowest BCUT2D eigenvalue weighted by Crippen LogP contribution is -2.61. The van der Waals surface area contributed by atoms with Gasteiger partial charge in [-0.1, -0.05) is 23.2 Å². The van der Waals surface area contributed by atoms with E-state index in [0.717, 1.165) is 12.8 Å². The Morgan fingerprint density at radius 1 is 1.31 bits per heavy atom. The third-order valence-electron chi connectivity index (χ3n) is 5.30. The Labute approximate surface area is 163 Å². The number of hydrogen-bond donors (Lipinski definition) is 2. The van der Waals surface area contributed by atoms with Crippen LogP contribution in [0.5, 0.6) is 5.75 Å². The molecule has 1 saturated carbocycles. The molecule has 1 aliphatic carbocycles. The summed E-state index contributed by atoms with van der Waals surface area (Å²) < 4.78 is 26.6. The van der Waals surface area contributed by atoms with Crippen LogP contribution in [-0.4, -0.2) is 47.6 Å². The molecule has 2 aliphatic heterocycles. The summed E-state index contributed by atoms with van der Waals surface area (Å²) in [6.07, 6.45) is 2.23. The van der Waals surface area contributed by atoms with Crippen molar-refractivity contribution >= 4 is 39.1 Å². The zero-order valence-corrected chi connectivity index (χ0v) is 16.9. The van der Waals surface area contributed by atoms with E-state index in [2.05, 4.69) is 5.32 Å². The van der Waals surface area contributed by atoms with Gasteiger partial charge in [-0.05, 0) is 51.2 Å². The monoisotopic (exact) mass is 420 g/mol. The number of nitrogens with one attached hydrogen (secondary N) is 1. The molecule has 26 heavy (non-hydrogen) atoms. The van der Waals surface area contributed by atoms with E-state index in [0.29, 0.717) is 13.0 Å². The molecule has 1 aromatic rings. The molecule has 1 amide bonds. The maximum atomic E-state index is 12.6. The number of benzene rings is 1. The number of phenolic OH excluding ortho intramolecular Hbond substituents is 1. The van der Waals surface area contributed by atoms with Crippen LogP contribution in [0.2, 0.25) is 10.0 Å². The first-order valence-electron chi connectivity index (χ1n) is 8.60. The standard InChI is InChI=1S/C17H22Cl2N2O4S/c1-9(2)26(24,25)21-8-10-3-4-12(21)7-15(10)20-17(23)13-5-11(18)6-14(19)16(13)22/h5-6,9-10,12,15,22H,3-4,7-8H2,1-2H3,(H,20,23)/t10-,12-,15-/m1/s1. The van der Waals surface area contributed by atoms with Gasteiger partial charge in [0.25, 0.3) is 5.91 Å². The molecule has 6 nitrogen and oxygen atoms in total. The van der Waals surface area contributed by atoms with Crippen LogP contribution in [-0.2, 0) is 10.0 Å². The second kappa shape index (κ2) is 7.19. The minimum atomic E-state index is -3.31. The number of nitrogens with zero attached hydrogens (tertiary/aromatic N) is 1. The van der Waals surface area contributed by atoms with Gasteiger partial charge in [0.05, 0.1) is 15.8 Å². The van der Waals surface area contributed by atoms with Crippen molar-refractivity contribution < 1.29 is 18.3 Å². The van der Waals surface area contributed by atoms with Crippen LogP contribution in [0.15, 0.2) is 12.1 Å². The molecule has 144 valence electrons. The van der Waals surface area contributed by atoms with Gasteiger partial charge in [-0.15, -0.1) is 0 Å². The van der Waals surface area contributed by atoms with E-state index in [1.165, 1.54) is 12.1 Å². The van der Waals surface area contributed by atoms with Crippen LogP contribution >= 0.6 is 23.2 Å². The molecule has 0 aromatic heterocycles. The minimum absolute atomic E-state index is 0.0158. The lowest BCUT2D eigenvalue weighted by Gasteiger charge is -2.49. The fourth-order valence-electron chi connectivity index (χ4n) is 3.82. The number of fused-ring (bicyclic) bond motifs is 3. The highest BCUT2D eigenvalue weighted by Crippen LogP contribution is 2.38. The topological polar surface area (TPSA) is 86.7 Å². The molecule has 4 rings (SSSR count). The number of piperidine rings is 2. The van der Waals surface area contributed by atoms with E-state index in [1.807, 2.05) is 0 Å². The zero-order valence-electron chi connectivity index (χ0n) is 14.6. The molecule has 2 heterocycles. The van der Waals surface area contributed by atoms with Crippen molar-refractivity contribution in [3.05, 3.63) is 27.7 Å². The third-order valence-corrected chi connectivity index (χ3v) is 8.10. The summed E-state index contributed by atoms with van der Waals surface area (Å²) in [5, 5.41) is 12.8. The van der Waals surface area contributed by atoms with Crippen molar-refractivity contribution in [2.45, 2.75) is 50.4 Å². The Morgan fingerprint density at radius 3 is 2.58 bits per heavy atom. The molecule has 0 spiro atoms. The molecule has 3 fully saturated rings. The highest BCUT2D eigenvalue weighted by molar-refractivity contribution is 7.89.